The molecule has 0 spiro atoms. The molecule has 3 N–H and O–H groups in total. The van der Waals surface area contributed by atoms with Crippen LogP contribution in [0, 0.1) is 5.92 Å². The molecule has 1 fully saturated rings. The molecule has 0 aliphatic carbocycles. The number of hydrogen-bond acceptors (Lipinski definition) is 8. The summed E-state index contributed by atoms with van der Waals surface area (Å²) in [5.74, 6) is -0.683. The summed E-state index contributed by atoms with van der Waals surface area (Å²) in [6, 6.07) is 12.6. The number of benzene rings is 2. The van der Waals surface area contributed by atoms with Gasteiger partial charge in [0.05, 0.1) is 39.3 Å². The van der Waals surface area contributed by atoms with Crippen LogP contribution in [0.15, 0.2) is 58.9 Å². The molecule has 4 rings (SSSR count). The minimum atomic E-state index is -3.96. The third-order valence-electron chi connectivity index (χ3n) is 7.33. The third-order valence-corrected chi connectivity index (χ3v) is 9.95. The molecule has 3 atom stereocenters. The quantitative estimate of drug-likeness (QED) is 0.253. The molecule has 1 aromatic heterocycles. The lowest BCUT2D eigenvalue weighted by molar-refractivity contribution is -0.129. The molecule has 0 unspecified atom stereocenters. The van der Waals surface area contributed by atoms with Gasteiger partial charge in [0.1, 0.15) is 6.04 Å². The second kappa shape index (κ2) is 14.5. The molecule has 0 bridgehead atoms. The fourth-order valence-electron chi connectivity index (χ4n) is 5.11. The van der Waals surface area contributed by atoms with Crippen molar-refractivity contribution in [2.75, 3.05) is 32.7 Å². The first-order chi connectivity index (χ1) is 20.0. The minimum absolute atomic E-state index is 0. The second-order valence-corrected chi connectivity index (χ2v) is 14.2. The maximum absolute atomic E-state index is 13.8. The van der Waals surface area contributed by atoms with Crippen LogP contribution in [0.25, 0.3) is 10.2 Å². The summed E-state index contributed by atoms with van der Waals surface area (Å²) in [5.41, 5.74) is 3.27. The summed E-state index contributed by atoms with van der Waals surface area (Å²) in [6.07, 6.45) is 1.18. The molecule has 1 saturated heterocycles. The average Bonchev–Trinajstić information content (AvgIpc) is 3.64. The van der Waals surface area contributed by atoms with Crippen LogP contribution >= 0.6 is 11.3 Å². The Labute approximate surface area is 255 Å². The van der Waals surface area contributed by atoms with E-state index in [-0.39, 0.29) is 45.6 Å². The van der Waals surface area contributed by atoms with E-state index >= 15 is 0 Å². The highest BCUT2D eigenvalue weighted by molar-refractivity contribution is 7.89. The maximum Gasteiger partial charge on any atom is 0.243 e. The fourth-order valence-corrected chi connectivity index (χ4v) is 7.55. The number of hydrogen-bond donors (Lipinski definition) is 3. The van der Waals surface area contributed by atoms with Gasteiger partial charge in [-0.15, -0.1) is 11.3 Å². The van der Waals surface area contributed by atoms with E-state index in [2.05, 4.69) is 20.5 Å². The highest BCUT2D eigenvalue weighted by Crippen LogP contribution is 2.25. The Morgan fingerprint density at radius 1 is 1.07 bits per heavy atom. The number of likely N-dealkylation sites (tertiary alicyclic amines) is 1. The predicted molar refractivity (Wildman–Crippen MR) is 169 cm³/mol. The van der Waals surface area contributed by atoms with Gasteiger partial charge in [-0.1, -0.05) is 44.2 Å². The van der Waals surface area contributed by atoms with Gasteiger partial charge < -0.3 is 15.7 Å². The zero-order chi connectivity index (χ0) is 30.3. The topological polar surface area (TPSA) is 132 Å². The molecule has 2 amide bonds. The van der Waals surface area contributed by atoms with Crippen molar-refractivity contribution in [1.82, 2.24) is 24.8 Å². The molecular weight excluding hydrogens is 574 g/mol. The Kier molecular flexibility index (Phi) is 11.1. The number of fused-ring (bicyclic) bond motifs is 1. The van der Waals surface area contributed by atoms with E-state index < -0.39 is 34.1 Å². The smallest absolute Gasteiger partial charge is 0.243 e. The standard InChI is InChI=1S/C30H41N5O5S2.2H2/c1-21(2)17-35(42(39,40)24-11-12-25-28(16-24)41-20-31-25)18-27(36)26(15-23-9-5-4-6-10-23)33-30(38)22(3)32-29(37)19-34-13-7-8-14-34;;/h4-6,9-12,16,20-22,26-27,36H,7-8,13-15,17-19H2,1-3H3,(H,32,37)(H,33,38);2*1H/t22-,26-,27+;;/m0../s1. The molecule has 3 aromatic rings. The Balaban J connectivity index is 0.00000337. The number of carbonyl (C=O) groups excluding carboxylic acids is 2. The van der Waals surface area contributed by atoms with Crippen molar-refractivity contribution in [1.29, 1.82) is 0 Å². The molecule has 42 heavy (non-hydrogen) atoms. The average molecular weight is 620 g/mol. The molecular formula is C30H45N5O5S2. The Morgan fingerprint density at radius 3 is 2.48 bits per heavy atom. The lowest BCUT2D eigenvalue weighted by Crippen LogP contribution is -2.55. The molecule has 10 nitrogen and oxygen atoms in total. The van der Waals surface area contributed by atoms with Crippen LogP contribution in [0.2, 0.25) is 0 Å². The molecule has 12 heteroatoms. The van der Waals surface area contributed by atoms with Gasteiger partial charge >= 0.3 is 0 Å². The lowest BCUT2D eigenvalue weighted by Gasteiger charge is -2.31. The molecule has 2 heterocycles. The van der Waals surface area contributed by atoms with Gasteiger partial charge in [-0.2, -0.15) is 4.31 Å². The molecule has 2 aromatic carbocycles. The van der Waals surface area contributed by atoms with Gasteiger partial charge in [0.2, 0.25) is 21.8 Å². The largest absolute Gasteiger partial charge is 0.390 e. The number of aromatic nitrogens is 1. The van der Waals surface area contributed by atoms with E-state index in [1.54, 1.807) is 24.6 Å². The number of nitrogens with one attached hydrogen (secondary N) is 2. The van der Waals surface area contributed by atoms with Crippen molar-refractivity contribution in [3.63, 3.8) is 0 Å². The van der Waals surface area contributed by atoms with Crippen molar-refractivity contribution in [3.8, 4) is 0 Å². The summed E-state index contributed by atoms with van der Waals surface area (Å²) < 4.78 is 29.7. The highest BCUT2D eigenvalue weighted by Gasteiger charge is 2.32. The van der Waals surface area contributed by atoms with Gasteiger partial charge in [0, 0.05) is 15.9 Å². The number of sulfonamides is 1. The first kappa shape index (κ1) is 32.0. The van der Waals surface area contributed by atoms with Gasteiger partial charge in [-0.25, -0.2) is 13.4 Å². The summed E-state index contributed by atoms with van der Waals surface area (Å²) in [6.45, 7) is 7.38. The summed E-state index contributed by atoms with van der Waals surface area (Å²) in [5, 5.41) is 17.1. The van der Waals surface area contributed by atoms with Crippen LogP contribution in [-0.2, 0) is 26.0 Å². The first-order valence-electron chi connectivity index (χ1n) is 14.4. The minimum Gasteiger partial charge on any atom is -0.390 e. The number of aliphatic hydroxyl groups excluding tert-OH is 1. The van der Waals surface area contributed by atoms with Crippen molar-refractivity contribution < 1.29 is 26.0 Å². The second-order valence-electron chi connectivity index (χ2n) is 11.3. The summed E-state index contributed by atoms with van der Waals surface area (Å²) in [7, 11) is -3.96. The van der Waals surface area contributed by atoms with Gasteiger partial charge in [-0.05, 0) is 69.0 Å². The Bertz CT molecular complexity index is 1450. The monoisotopic (exact) mass is 619 g/mol. The zero-order valence-corrected chi connectivity index (χ0v) is 26.0. The number of aliphatic hydroxyl groups is 1. The number of carbonyl (C=O) groups is 2. The van der Waals surface area contributed by atoms with Gasteiger partial charge in [0.15, 0.2) is 0 Å². The van der Waals surface area contributed by atoms with Crippen LogP contribution in [0.1, 0.15) is 42.0 Å². The number of thiazole rings is 1. The number of nitrogens with zero attached hydrogens (tertiary/aromatic N) is 3. The van der Waals surface area contributed by atoms with Crippen molar-refractivity contribution in [2.45, 2.75) is 63.1 Å². The van der Waals surface area contributed by atoms with Crippen LogP contribution < -0.4 is 10.6 Å². The molecule has 0 radical (unpaired) electrons. The Hall–Kier alpha value is -2.90. The normalized spacial score (nSPS) is 16.5. The van der Waals surface area contributed by atoms with Crippen LogP contribution in [-0.4, -0.2) is 90.4 Å². The predicted octanol–water partition coefficient (Wildman–Crippen LogP) is 3.12. The van der Waals surface area contributed by atoms with Crippen molar-refractivity contribution in [2.24, 2.45) is 5.92 Å². The molecule has 1 aliphatic rings. The van der Waals surface area contributed by atoms with Crippen LogP contribution in [0.5, 0.6) is 0 Å². The lowest BCUT2D eigenvalue weighted by atomic mass is 10.0. The van der Waals surface area contributed by atoms with E-state index in [1.807, 2.05) is 44.2 Å². The molecule has 1 aliphatic heterocycles. The zero-order valence-electron chi connectivity index (χ0n) is 24.4. The van der Waals surface area contributed by atoms with Gasteiger partial charge in [-0.3, -0.25) is 14.5 Å². The maximum atomic E-state index is 13.8. The molecule has 232 valence electrons. The van der Waals surface area contributed by atoms with E-state index in [4.69, 9.17) is 0 Å². The van der Waals surface area contributed by atoms with Crippen molar-refractivity contribution >= 4 is 43.4 Å². The third kappa shape index (κ3) is 8.57. The van der Waals surface area contributed by atoms with E-state index in [0.29, 0.717) is 0 Å². The SMILES string of the molecule is CC(C)CN(C[C@@H](O)[C@H](Cc1ccccc1)NC(=O)[C@H](C)NC(=O)CN1CCCC1)S(=O)(=O)c1ccc2ncsc2c1.[HH].[HH]. The highest BCUT2D eigenvalue weighted by atomic mass is 32.2. The van der Waals surface area contributed by atoms with Crippen LogP contribution in [0.4, 0.5) is 0 Å². The van der Waals surface area contributed by atoms with Crippen LogP contribution in [0.3, 0.4) is 0 Å². The summed E-state index contributed by atoms with van der Waals surface area (Å²) in [4.78, 5) is 32.2. The Morgan fingerprint density at radius 2 is 1.79 bits per heavy atom. The van der Waals surface area contributed by atoms with Gasteiger partial charge in [0.25, 0.3) is 0 Å². The van der Waals surface area contributed by atoms with E-state index in [1.165, 1.54) is 21.7 Å². The number of amides is 2. The summed E-state index contributed by atoms with van der Waals surface area (Å²) >= 11 is 1.36. The number of rotatable bonds is 14. The van der Waals surface area contributed by atoms with E-state index in [9.17, 15) is 23.1 Å². The van der Waals surface area contributed by atoms with E-state index in [0.717, 1.165) is 41.7 Å². The molecule has 0 saturated carbocycles. The van der Waals surface area contributed by atoms with Crippen molar-refractivity contribution in [3.05, 3.63) is 59.6 Å². The first-order valence-corrected chi connectivity index (χ1v) is 16.7. The fraction of sp³-hybridized carbons (Fsp3) is 0.500.